The van der Waals surface area contributed by atoms with Crippen molar-refractivity contribution in [1.82, 2.24) is 5.32 Å². The Morgan fingerprint density at radius 1 is 1.57 bits per heavy atom. The molecule has 0 aliphatic carbocycles. The first kappa shape index (κ1) is 7.74. The Kier molecular flexibility index (Phi) is 3.80. The summed E-state index contributed by atoms with van der Waals surface area (Å²) in [5.41, 5.74) is 0. The van der Waals surface area contributed by atoms with Crippen molar-refractivity contribution in [3.63, 3.8) is 0 Å². The minimum atomic E-state index is -2.50. The van der Waals surface area contributed by atoms with E-state index in [9.17, 15) is 9.59 Å². The molecule has 3 nitrogen and oxygen atoms in total. The Hall–Kier alpha value is -0.510. The number of carbonyl (C=O) groups excluding carboxylic acids is 2. The summed E-state index contributed by atoms with van der Waals surface area (Å²) in [5.74, 6) is -2.50. The highest BCUT2D eigenvalue weighted by atomic mass is 32.2. The minimum Gasteiger partial charge on any atom is -0.356 e. The smallest absolute Gasteiger partial charge is 0.216 e. The van der Waals surface area contributed by atoms with Crippen LogP contribution in [0.15, 0.2) is 0 Å². The first-order valence-corrected chi connectivity index (χ1v) is 5.39. The van der Waals surface area contributed by atoms with Gasteiger partial charge in [0, 0.05) is 30.6 Å². The molecule has 0 aromatic carbocycles. The lowest BCUT2D eigenvalue weighted by molar-refractivity contribution is -0.119. The van der Waals surface area contributed by atoms with Crippen LogP contribution in [0.1, 0.15) is 33.1 Å². The number of hydrogen-bond donors (Lipinski definition) is 1. The van der Waals surface area contributed by atoms with Crippen molar-refractivity contribution in [2.75, 3.05) is 12.3 Å². The van der Waals surface area contributed by atoms with E-state index in [1.165, 1.54) is 20.8 Å². The second kappa shape index (κ2) is 6.87. The zero-order valence-electron chi connectivity index (χ0n) is 12.7. The number of thioether (sulfide) groups is 1. The van der Waals surface area contributed by atoms with E-state index >= 15 is 0 Å². The largest absolute Gasteiger partial charge is 0.356 e. The number of carbonyl (C=O) groups is 2. The summed E-state index contributed by atoms with van der Waals surface area (Å²) in [7, 11) is 0. The summed E-state index contributed by atoms with van der Waals surface area (Å²) in [6, 6.07) is 0. The molecule has 0 aromatic heterocycles. The van der Waals surface area contributed by atoms with Gasteiger partial charge < -0.3 is 5.32 Å². The molecule has 2 atom stereocenters. The lowest BCUT2D eigenvalue weighted by Crippen LogP contribution is -2.23. The van der Waals surface area contributed by atoms with Gasteiger partial charge in [0.25, 0.3) is 0 Å². The third-order valence-corrected chi connectivity index (χ3v) is 2.77. The van der Waals surface area contributed by atoms with Crippen LogP contribution >= 0.6 is 11.8 Å². The highest BCUT2D eigenvalue weighted by Gasteiger charge is 2.16. The quantitative estimate of drug-likeness (QED) is 0.718. The predicted molar refractivity (Wildman–Crippen MR) is 60.2 cm³/mol. The lowest BCUT2D eigenvalue weighted by Gasteiger charge is -2.13. The molecule has 0 saturated heterocycles. The van der Waals surface area contributed by atoms with Gasteiger partial charge >= 0.3 is 0 Å². The van der Waals surface area contributed by atoms with Crippen LogP contribution in [0.25, 0.3) is 0 Å². The van der Waals surface area contributed by atoms with Gasteiger partial charge in [-0.2, -0.15) is 0 Å². The van der Waals surface area contributed by atoms with Crippen LogP contribution in [0.4, 0.5) is 0 Å². The molecule has 0 spiro atoms. The highest BCUT2D eigenvalue weighted by Crippen LogP contribution is 2.17. The first-order chi connectivity index (χ1) is 8.00. The van der Waals surface area contributed by atoms with Crippen molar-refractivity contribution in [2.24, 2.45) is 11.8 Å². The van der Waals surface area contributed by atoms with E-state index in [1.807, 2.05) is 0 Å². The summed E-state index contributed by atoms with van der Waals surface area (Å²) in [5, 5.41) is 2.20. The van der Waals surface area contributed by atoms with E-state index in [0.29, 0.717) is 12.3 Å². The zero-order valence-corrected chi connectivity index (χ0v) is 9.53. The van der Waals surface area contributed by atoms with Crippen molar-refractivity contribution in [3.8, 4) is 0 Å². The molecule has 1 amide bonds. The Balaban J connectivity index is 4.31. The SMILES string of the molecule is [2H]C([2H])([2H])[C@]([2H])(C)[C@H](C)C(=O)SCCNC(C)=O. The highest BCUT2D eigenvalue weighted by molar-refractivity contribution is 8.13. The second-order valence-electron chi connectivity index (χ2n) is 3.06. The van der Waals surface area contributed by atoms with Crippen LogP contribution in [0, 0.1) is 11.8 Å². The maximum absolute atomic E-state index is 11.8. The van der Waals surface area contributed by atoms with E-state index in [-0.39, 0.29) is 11.0 Å². The van der Waals surface area contributed by atoms with Crippen LogP contribution in [0.3, 0.4) is 0 Å². The summed E-state index contributed by atoms with van der Waals surface area (Å²) in [4.78, 5) is 22.4. The van der Waals surface area contributed by atoms with Crippen molar-refractivity contribution in [2.45, 2.75) is 27.6 Å². The van der Waals surface area contributed by atoms with Gasteiger partial charge in [-0.1, -0.05) is 32.5 Å². The summed E-state index contributed by atoms with van der Waals surface area (Å²) >= 11 is 0.946. The predicted octanol–water partition coefficient (Wildman–Crippen LogP) is 1.67. The van der Waals surface area contributed by atoms with Crippen LogP contribution in [0.2, 0.25) is 0 Å². The summed E-state index contributed by atoms with van der Waals surface area (Å²) in [6.45, 7) is 1.93. The van der Waals surface area contributed by atoms with Gasteiger partial charge in [-0.3, -0.25) is 9.59 Å². The first-order valence-electron chi connectivity index (χ1n) is 6.41. The number of amides is 1. The Morgan fingerprint density at radius 3 is 2.71 bits per heavy atom. The Labute approximate surface area is 95.6 Å². The normalized spacial score (nSPS) is 21.9. The van der Waals surface area contributed by atoms with Crippen molar-refractivity contribution < 1.29 is 15.1 Å². The molecular formula is C10H19NO2S. The van der Waals surface area contributed by atoms with Gasteiger partial charge in [-0.15, -0.1) is 0 Å². The molecule has 0 fully saturated rings. The van der Waals surface area contributed by atoms with E-state index in [4.69, 9.17) is 5.48 Å². The summed E-state index contributed by atoms with van der Waals surface area (Å²) in [6.07, 6.45) is 0. The molecular weight excluding hydrogens is 198 g/mol. The van der Waals surface area contributed by atoms with Crippen molar-refractivity contribution >= 4 is 22.8 Å². The monoisotopic (exact) mass is 221 g/mol. The molecule has 0 aliphatic rings. The molecule has 1 N–H and O–H groups in total. The van der Waals surface area contributed by atoms with E-state index in [0.717, 1.165) is 11.8 Å². The van der Waals surface area contributed by atoms with E-state index < -0.39 is 18.7 Å². The number of rotatable bonds is 5. The van der Waals surface area contributed by atoms with Gasteiger partial charge in [-0.25, -0.2) is 0 Å². The van der Waals surface area contributed by atoms with Crippen molar-refractivity contribution in [1.29, 1.82) is 0 Å². The molecule has 0 aliphatic heterocycles. The molecule has 0 bridgehead atoms. The fraction of sp³-hybridized carbons (Fsp3) is 0.800. The van der Waals surface area contributed by atoms with Gasteiger partial charge in [0.2, 0.25) is 5.91 Å². The van der Waals surface area contributed by atoms with Gasteiger partial charge in [-0.05, 0) is 5.89 Å². The van der Waals surface area contributed by atoms with Gasteiger partial charge in [0.05, 0.1) is 0 Å². The third kappa shape index (κ3) is 6.02. The molecule has 0 radical (unpaired) electrons. The number of nitrogens with one attached hydrogen (secondary N) is 1. The molecule has 0 unspecified atom stereocenters. The molecule has 0 saturated carbocycles. The molecule has 4 heteroatoms. The average molecular weight is 221 g/mol. The van der Waals surface area contributed by atoms with Crippen LogP contribution in [-0.4, -0.2) is 23.3 Å². The minimum absolute atomic E-state index is 0.177. The average Bonchev–Trinajstić information content (AvgIpc) is 2.21. The molecule has 0 rings (SSSR count). The van der Waals surface area contributed by atoms with Crippen LogP contribution in [0.5, 0.6) is 0 Å². The standard InChI is InChI=1S/C10H19NO2S/c1-7(2)8(3)10(13)14-6-5-11-9(4)12/h7-8H,5-6H2,1-4H3,(H,11,12)/t8-/m0/s1/i1D3,7D/t7-,8+/m1. The Bertz CT molecular complexity index is 317. The topological polar surface area (TPSA) is 46.2 Å². The third-order valence-electron chi connectivity index (χ3n) is 1.72. The molecule has 0 heterocycles. The zero-order chi connectivity index (χ0) is 14.6. The van der Waals surface area contributed by atoms with Crippen LogP contribution in [-0.2, 0) is 9.59 Å². The number of hydrogen-bond acceptors (Lipinski definition) is 3. The maximum atomic E-state index is 11.8. The van der Waals surface area contributed by atoms with Crippen molar-refractivity contribution in [3.05, 3.63) is 0 Å². The fourth-order valence-corrected chi connectivity index (χ4v) is 1.51. The molecule has 0 aromatic rings. The second-order valence-corrected chi connectivity index (χ2v) is 4.15. The maximum Gasteiger partial charge on any atom is 0.216 e. The molecule has 14 heavy (non-hydrogen) atoms. The lowest BCUT2D eigenvalue weighted by atomic mass is 10.0. The fourth-order valence-electron chi connectivity index (χ4n) is 0.680. The Morgan fingerprint density at radius 2 is 2.21 bits per heavy atom. The van der Waals surface area contributed by atoms with Gasteiger partial charge in [0.15, 0.2) is 5.12 Å². The molecule has 82 valence electrons. The van der Waals surface area contributed by atoms with E-state index in [1.54, 1.807) is 0 Å². The van der Waals surface area contributed by atoms with Gasteiger partial charge in [0.1, 0.15) is 0 Å². The van der Waals surface area contributed by atoms with Crippen LogP contribution < -0.4 is 5.32 Å². The summed E-state index contributed by atoms with van der Waals surface area (Å²) < 4.78 is 29.6. The van der Waals surface area contributed by atoms with E-state index in [2.05, 4.69) is 5.32 Å².